The summed E-state index contributed by atoms with van der Waals surface area (Å²) < 4.78 is 28.2. The van der Waals surface area contributed by atoms with Gasteiger partial charge >= 0.3 is 0 Å². The normalized spacial score (nSPS) is 21.1. The molecule has 5 heteroatoms. The van der Waals surface area contributed by atoms with Crippen LogP contribution in [-0.2, 0) is 14.6 Å². The summed E-state index contributed by atoms with van der Waals surface area (Å²) in [5, 5.41) is 3.30. The van der Waals surface area contributed by atoms with Gasteiger partial charge in [0.1, 0.15) is 0 Å². The zero-order chi connectivity index (χ0) is 12.3. The number of nitrogens with one attached hydrogen (secondary N) is 1. The molecule has 1 saturated heterocycles. The molecule has 1 heterocycles. The third kappa shape index (κ3) is 3.44. The topological polar surface area (TPSA) is 55.4 Å². The fourth-order valence-corrected chi connectivity index (χ4v) is 2.57. The molecule has 0 aliphatic carbocycles. The summed E-state index contributed by atoms with van der Waals surface area (Å²) >= 11 is 0. The van der Waals surface area contributed by atoms with Crippen LogP contribution in [0.4, 0.5) is 5.69 Å². The number of ether oxygens (including phenoxy) is 1. The molecule has 1 atom stereocenters. The van der Waals surface area contributed by atoms with Crippen LogP contribution in [0, 0.1) is 0 Å². The molecule has 0 spiro atoms. The monoisotopic (exact) mass is 255 g/mol. The van der Waals surface area contributed by atoms with Gasteiger partial charge in [-0.15, -0.1) is 0 Å². The van der Waals surface area contributed by atoms with Crippen LogP contribution < -0.4 is 5.32 Å². The Labute approximate surface area is 102 Å². The number of anilines is 1. The lowest BCUT2D eigenvalue weighted by molar-refractivity contribution is 0.0876. The Hall–Kier alpha value is -1.07. The van der Waals surface area contributed by atoms with E-state index in [1.54, 1.807) is 18.2 Å². The molecule has 0 saturated carbocycles. The van der Waals surface area contributed by atoms with Crippen molar-refractivity contribution < 1.29 is 13.2 Å². The van der Waals surface area contributed by atoms with E-state index < -0.39 is 9.84 Å². The van der Waals surface area contributed by atoms with Gasteiger partial charge in [-0.3, -0.25) is 0 Å². The van der Waals surface area contributed by atoms with Crippen LogP contribution in [0.3, 0.4) is 0 Å². The van der Waals surface area contributed by atoms with E-state index in [2.05, 4.69) is 5.32 Å². The molecule has 0 bridgehead atoms. The molecule has 17 heavy (non-hydrogen) atoms. The van der Waals surface area contributed by atoms with Crippen molar-refractivity contribution in [2.24, 2.45) is 0 Å². The molecule has 1 N–H and O–H groups in total. The predicted octanol–water partition coefficient (Wildman–Crippen LogP) is 1.68. The standard InChI is InChI=1S/C12H17NO3S/c1-17(14,15)12-6-2-4-10(8-12)13-11-5-3-7-16-9-11/h2,4,6,8,11,13H,3,5,7,9H2,1H3. The molecule has 1 unspecified atom stereocenters. The number of hydrogen-bond donors (Lipinski definition) is 1. The third-order valence-corrected chi connectivity index (χ3v) is 3.90. The SMILES string of the molecule is CS(=O)(=O)c1cccc(NC2CCCOC2)c1. The first-order valence-electron chi connectivity index (χ1n) is 5.70. The average Bonchev–Trinajstić information content (AvgIpc) is 2.29. The highest BCUT2D eigenvalue weighted by molar-refractivity contribution is 7.90. The van der Waals surface area contributed by atoms with E-state index in [1.165, 1.54) is 6.26 Å². The average molecular weight is 255 g/mol. The van der Waals surface area contributed by atoms with Gasteiger partial charge in [0.2, 0.25) is 0 Å². The first-order chi connectivity index (χ1) is 8.05. The fourth-order valence-electron chi connectivity index (χ4n) is 1.91. The van der Waals surface area contributed by atoms with Gasteiger partial charge in [-0.2, -0.15) is 0 Å². The Balaban J connectivity index is 2.11. The van der Waals surface area contributed by atoms with Gasteiger partial charge in [0.15, 0.2) is 9.84 Å². The van der Waals surface area contributed by atoms with Crippen molar-refractivity contribution in [2.45, 2.75) is 23.8 Å². The number of rotatable bonds is 3. The molecule has 1 aliphatic rings. The van der Waals surface area contributed by atoms with Crippen molar-refractivity contribution in [3.63, 3.8) is 0 Å². The second-order valence-electron chi connectivity index (χ2n) is 4.36. The first-order valence-corrected chi connectivity index (χ1v) is 7.59. The van der Waals surface area contributed by atoms with Gasteiger partial charge in [0, 0.05) is 24.6 Å². The van der Waals surface area contributed by atoms with Crippen LogP contribution in [0.1, 0.15) is 12.8 Å². The Morgan fingerprint density at radius 2 is 2.24 bits per heavy atom. The minimum atomic E-state index is -3.14. The smallest absolute Gasteiger partial charge is 0.175 e. The van der Waals surface area contributed by atoms with E-state index in [0.717, 1.165) is 25.1 Å². The molecule has 0 amide bonds. The van der Waals surface area contributed by atoms with Gasteiger partial charge < -0.3 is 10.1 Å². The highest BCUT2D eigenvalue weighted by atomic mass is 32.2. The summed E-state index contributed by atoms with van der Waals surface area (Å²) in [4.78, 5) is 0.347. The lowest BCUT2D eigenvalue weighted by Crippen LogP contribution is -2.29. The van der Waals surface area contributed by atoms with Crippen molar-refractivity contribution in [2.75, 3.05) is 24.8 Å². The molecule has 4 nitrogen and oxygen atoms in total. The van der Waals surface area contributed by atoms with Crippen LogP contribution >= 0.6 is 0 Å². The van der Waals surface area contributed by atoms with Crippen molar-refractivity contribution in [3.05, 3.63) is 24.3 Å². The fraction of sp³-hybridized carbons (Fsp3) is 0.500. The maximum absolute atomic E-state index is 11.4. The first kappa shape index (κ1) is 12.4. The van der Waals surface area contributed by atoms with Gasteiger partial charge in [-0.05, 0) is 31.0 Å². The summed E-state index contributed by atoms with van der Waals surface area (Å²) in [6.45, 7) is 1.50. The van der Waals surface area contributed by atoms with E-state index >= 15 is 0 Å². The maximum atomic E-state index is 11.4. The third-order valence-electron chi connectivity index (χ3n) is 2.79. The van der Waals surface area contributed by atoms with Crippen LogP contribution in [0.25, 0.3) is 0 Å². The van der Waals surface area contributed by atoms with Crippen LogP contribution in [-0.4, -0.2) is 33.9 Å². The Bertz CT molecular complexity index is 478. The van der Waals surface area contributed by atoms with Crippen LogP contribution in [0.5, 0.6) is 0 Å². The predicted molar refractivity (Wildman–Crippen MR) is 67.0 cm³/mol. The van der Waals surface area contributed by atoms with Crippen LogP contribution in [0.2, 0.25) is 0 Å². The maximum Gasteiger partial charge on any atom is 0.175 e. The second kappa shape index (κ2) is 5.06. The van der Waals surface area contributed by atoms with E-state index in [9.17, 15) is 8.42 Å². The summed E-state index contributed by atoms with van der Waals surface area (Å²) in [6.07, 6.45) is 3.32. The zero-order valence-electron chi connectivity index (χ0n) is 9.85. The minimum absolute atomic E-state index is 0.276. The number of hydrogen-bond acceptors (Lipinski definition) is 4. The van der Waals surface area contributed by atoms with Gasteiger partial charge in [0.05, 0.1) is 11.5 Å². The van der Waals surface area contributed by atoms with Crippen molar-refractivity contribution in [1.29, 1.82) is 0 Å². The van der Waals surface area contributed by atoms with E-state index in [0.29, 0.717) is 11.5 Å². The van der Waals surface area contributed by atoms with Gasteiger partial charge in [-0.1, -0.05) is 6.07 Å². The van der Waals surface area contributed by atoms with Crippen molar-refractivity contribution >= 4 is 15.5 Å². The second-order valence-corrected chi connectivity index (χ2v) is 6.37. The lowest BCUT2D eigenvalue weighted by Gasteiger charge is -2.24. The van der Waals surface area contributed by atoms with E-state index in [1.807, 2.05) is 6.07 Å². The summed E-state index contributed by atoms with van der Waals surface area (Å²) in [6, 6.07) is 7.19. The van der Waals surface area contributed by atoms with E-state index in [4.69, 9.17) is 4.74 Å². The molecule has 0 radical (unpaired) electrons. The van der Waals surface area contributed by atoms with Gasteiger partial charge in [-0.25, -0.2) is 8.42 Å². The van der Waals surface area contributed by atoms with Crippen molar-refractivity contribution in [1.82, 2.24) is 0 Å². The molecule has 1 fully saturated rings. The number of sulfone groups is 1. The molecule has 2 rings (SSSR count). The van der Waals surface area contributed by atoms with Crippen LogP contribution in [0.15, 0.2) is 29.2 Å². The molecule has 0 aromatic heterocycles. The van der Waals surface area contributed by atoms with Gasteiger partial charge in [0.25, 0.3) is 0 Å². The largest absolute Gasteiger partial charge is 0.380 e. The molecule has 94 valence electrons. The van der Waals surface area contributed by atoms with E-state index in [-0.39, 0.29) is 6.04 Å². The summed E-state index contributed by atoms with van der Waals surface area (Å²) in [5.41, 5.74) is 0.837. The minimum Gasteiger partial charge on any atom is -0.380 e. The lowest BCUT2D eigenvalue weighted by atomic mass is 10.1. The summed E-state index contributed by atoms with van der Waals surface area (Å²) in [5.74, 6) is 0. The highest BCUT2D eigenvalue weighted by Gasteiger charge is 2.14. The Kier molecular flexibility index (Phi) is 3.69. The Morgan fingerprint density at radius 3 is 2.88 bits per heavy atom. The molecule has 1 aromatic carbocycles. The molecule has 1 aliphatic heterocycles. The summed E-state index contributed by atoms with van der Waals surface area (Å²) in [7, 11) is -3.14. The molecular weight excluding hydrogens is 238 g/mol. The zero-order valence-corrected chi connectivity index (χ0v) is 10.7. The quantitative estimate of drug-likeness (QED) is 0.893. The van der Waals surface area contributed by atoms with Crippen molar-refractivity contribution in [3.8, 4) is 0 Å². The molecular formula is C12H17NO3S. The number of benzene rings is 1. The Morgan fingerprint density at radius 1 is 1.41 bits per heavy atom. The molecule has 1 aromatic rings. The highest BCUT2D eigenvalue weighted by Crippen LogP contribution is 2.18.